The summed E-state index contributed by atoms with van der Waals surface area (Å²) in [7, 11) is 0. The Labute approximate surface area is 100 Å². The van der Waals surface area contributed by atoms with Gasteiger partial charge in [0, 0.05) is 12.2 Å². The van der Waals surface area contributed by atoms with Gasteiger partial charge >= 0.3 is 0 Å². The molecule has 0 spiro atoms. The van der Waals surface area contributed by atoms with Crippen molar-refractivity contribution in [2.45, 2.75) is 32.2 Å². The van der Waals surface area contributed by atoms with Crippen LogP contribution in [0.1, 0.15) is 25.3 Å². The number of aromatic nitrogens is 2. The largest absolute Gasteiger partial charge is 0.379 e. The molecule has 0 bridgehead atoms. The lowest BCUT2D eigenvalue weighted by Crippen LogP contribution is -2.21. The van der Waals surface area contributed by atoms with Crippen LogP contribution in [-0.4, -0.2) is 29.2 Å². The third-order valence-corrected chi connectivity index (χ3v) is 2.99. The second-order valence-corrected chi connectivity index (χ2v) is 4.30. The fourth-order valence-electron chi connectivity index (χ4n) is 1.83. The minimum atomic E-state index is 0.349. The first-order valence-corrected chi connectivity index (χ1v) is 6.02. The molecule has 0 saturated carbocycles. The van der Waals surface area contributed by atoms with Gasteiger partial charge in [-0.1, -0.05) is 24.9 Å². The van der Waals surface area contributed by atoms with Crippen molar-refractivity contribution >= 4 is 17.4 Å². The number of halogens is 1. The molecule has 2 heterocycles. The Morgan fingerprint density at radius 2 is 2.44 bits per heavy atom. The van der Waals surface area contributed by atoms with Crippen LogP contribution in [0.3, 0.4) is 0 Å². The van der Waals surface area contributed by atoms with Crippen LogP contribution < -0.4 is 5.32 Å². The second kappa shape index (κ2) is 5.46. The van der Waals surface area contributed by atoms with Crippen LogP contribution in [0.4, 0.5) is 5.82 Å². The molecule has 1 aromatic rings. The topological polar surface area (TPSA) is 47.0 Å². The van der Waals surface area contributed by atoms with Crippen LogP contribution in [0.15, 0.2) is 6.33 Å². The van der Waals surface area contributed by atoms with E-state index in [1.54, 1.807) is 0 Å². The highest BCUT2D eigenvalue weighted by molar-refractivity contribution is 6.30. The van der Waals surface area contributed by atoms with Gasteiger partial charge in [-0.3, -0.25) is 0 Å². The molecule has 16 heavy (non-hydrogen) atoms. The van der Waals surface area contributed by atoms with Crippen LogP contribution in [-0.2, 0) is 11.2 Å². The van der Waals surface area contributed by atoms with Crippen LogP contribution in [0.5, 0.6) is 0 Å². The number of hydrogen-bond donors (Lipinski definition) is 1. The molecule has 1 atom stereocenters. The van der Waals surface area contributed by atoms with E-state index in [1.807, 2.05) is 0 Å². The first-order chi connectivity index (χ1) is 7.81. The van der Waals surface area contributed by atoms with E-state index in [-0.39, 0.29) is 0 Å². The summed E-state index contributed by atoms with van der Waals surface area (Å²) in [6.45, 7) is 3.68. The zero-order chi connectivity index (χ0) is 11.4. The van der Waals surface area contributed by atoms with Crippen LogP contribution in [0, 0.1) is 0 Å². The van der Waals surface area contributed by atoms with Crippen molar-refractivity contribution in [1.82, 2.24) is 9.97 Å². The minimum Gasteiger partial charge on any atom is -0.379 e. The minimum absolute atomic E-state index is 0.349. The lowest BCUT2D eigenvalue weighted by molar-refractivity contribution is 0.195. The number of rotatable bonds is 4. The average Bonchev–Trinajstić information content (AvgIpc) is 2.76. The van der Waals surface area contributed by atoms with Crippen molar-refractivity contribution in [3.05, 3.63) is 17.0 Å². The fraction of sp³-hybridized carbons (Fsp3) is 0.636. The fourth-order valence-corrected chi connectivity index (χ4v) is 2.06. The van der Waals surface area contributed by atoms with E-state index >= 15 is 0 Å². The highest BCUT2D eigenvalue weighted by Gasteiger charge is 2.18. The average molecular weight is 242 g/mol. The van der Waals surface area contributed by atoms with Gasteiger partial charge in [0.25, 0.3) is 0 Å². The van der Waals surface area contributed by atoms with Crippen molar-refractivity contribution in [3.8, 4) is 0 Å². The molecule has 2 rings (SSSR count). The van der Waals surface area contributed by atoms with Gasteiger partial charge < -0.3 is 10.1 Å². The molecule has 1 N–H and O–H groups in total. The molecule has 0 aliphatic carbocycles. The van der Waals surface area contributed by atoms with Crippen LogP contribution >= 0.6 is 11.6 Å². The molecule has 1 aromatic heterocycles. The maximum Gasteiger partial charge on any atom is 0.137 e. The van der Waals surface area contributed by atoms with Gasteiger partial charge in [-0.15, -0.1) is 0 Å². The van der Waals surface area contributed by atoms with Gasteiger partial charge in [-0.2, -0.15) is 0 Å². The Morgan fingerprint density at radius 3 is 3.12 bits per heavy atom. The zero-order valence-corrected chi connectivity index (χ0v) is 10.1. The third kappa shape index (κ3) is 2.62. The SMILES string of the molecule is CCCc1c(Cl)ncnc1NC1CCOC1. The number of nitrogens with zero attached hydrogens (tertiary/aromatic N) is 2. The Morgan fingerprint density at radius 1 is 1.56 bits per heavy atom. The summed E-state index contributed by atoms with van der Waals surface area (Å²) >= 11 is 6.07. The molecule has 5 heteroatoms. The van der Waals surface area contributed by atoms with E-state index in [0.717, 1.165) is 43.9 Å². The lowest BCUT2D eigenvalue weighted by Gasteiger charge is -2.15. The van der Waals surface area contributed by atoms with Crippen molar-refractivity contribution in [3.63, 3.8) is 0 Å². The van der Waals surface area contributed by atoms with E-state index in [0.29, 0.717) is 11.2 Å². The number of hydrogen-bond acceptors (Lipinski definition) is 4. The standard InChI is InChI=1S/C11H16ClN3O/c1-2-3-9-10(12)13-7-14-11(9)15-8-4-5-16-6-8/h7-8H,2-6H2,1H3,(H,13,14,15). The quantitative estimate of drug-likeness (QED) is 0.822. The predicted molar refractivity (Wildman–Crippen MR) is 63.9 cm³/mol. The van der Waals surface area contributed by atoms with Crippen molar-refractivity contribution in [2.75, 3.05) is 18.5 Å². The summed E-state index contributed by atoms with van der Waals surface area (Å²) in [4.78, 5) is 8.28. The first-order valence-electron chi connectivity index (χ1n) is 5.65. The normalized spacial score (nSPS) is 20.0. The van der Waals surface area contributed by atoms with E-state index in [2.05, 4.69) is 22.2 Å². The smallest absolute Gasteiger partial charge is 0.137 e. The maximum absolute atomic E-state index is 6.07. The molecule has 1 fully saturated rings. The summed E-state index contributed by atoms with van der Waals surface area (Å²) in [5.74, 6) is 0.859. The van der Waals surface area contributed by atoms with Gasteiger partial charge in [0.05, 0.1) is 12.6 Å². The molecule has 1 aliphatic heterocycles. The number of nitrogens with one attached hydrogen (secondary N) is 1. The Kier molecular flexibility index (Phi) is 3.96. The van der Waals surface area contributed by atoms with E-state index in [9.17, 15) is 0 Å². The van der Waals surface area contributed by atoms with Gasteiger partial charge in [0.2, 0.25) is 0 Å². The molecule has 88 valence electrons. The Bertz CT molecular complexity index is 353. The summed E-state index contributed by atoms with van der Waals surface area (Å²) < 4.78 is 5.32. The van der Waals surface area contributed by atoms with Gasteiger partial charge in [0.15, 0.2) is 0 Å². The van der Waals surface area contributed by atoms with E-state index in [4.69, 9.17) is 16.3 Å². The molecular formula is C11H16ClN3O. The monoisotopic (exact) mass is 241 g/mol. The molecule has 0 radical (unpaired) electrons. The summed E-state index contributed by atoms with van der Waals surface area (Å²) in [6, 6.07) is 0.349. The van der Waals surface area contributed by atoms with E-state index < -0.39 is 0 Å². The highest BCUT2D eigenvalue weighted by atomic mass is 35.5. The Balaban J connectivity index is 2.14. The predicted octanol–water partition coefficient (Wildman–Crippen LogP) is 2.28. The van der Waals surface area contributed by atoms with Crippen LogP contribution in [0.25, 0.3) is 0 Å². The van der Waals surface area contributed by atoms with Crippen molar-refractivity contribution < 1.29 is 4.74 Å². The zero-order valence-electron chi connectivity index (χ0n) is 9.37. The number of anilines is 1. The third-order valence-electron chi connectivity index (χ3n) is 2.66. The highest BCUT2D eigenvalue weighted by Crippen LogP contribution is 2.23. The second-order valence-electron chi connectivity index (χ2n) is 3.95. The molecule has 0 aromatic carbocycles. The van der Waals surface area contributed by atoms with Crippen LogP contribution in [0.2, 0.25) is 5.15 Å². The van der Waals surface area contributed by atoms with Crippen molar-refractivity contribution in [2.24, 2.45) is 0 Å². The molecule has 4 nitrogen and oxygen atoms in total. The van der Waals surface area contributed by atoms with Gasteiger partial charge in [-0.25, -0.2) is 9.97 Å². The first kappa shape index (κ1) is 11.6. The van der Waals surface area contributed by atoms with Gasteiger partial charge in [-0.05, 0) is 12.8 Å². The Hall–Kier alpha value is -0.870. The summed E-state index contributed by atoms with van der Waals surface area (Å²) in [5, 5.41) is 3.93. The molecule has 0 amide bonds. The molecule has 1 unspecified atom stereocenters. The number of ether oxygens (including phenoxy) is 1. The van der Waals surface area contributed by atoms with E-state index in [1.165, 1.54) is 6.33 Å². The molecule has 1 aliphatic rings. The summed E-state index contributed by atoms with van der Waals surface area (Å²) in [6.07, 6.45) is 4.45. The van der Waals surface area contributed by atoms with Gasteiger partial charge in [0.1, 0.15) is 17.3 Å². The molecule has 1 saturated heterocycles. The summed E-state index contributed by atoms with van der Waals surface area (Å²) in [5.41, 5.74) is 1.01. The molecular weight excluding hydrogens is 226 g/mol. The lowest BCUT2D eigenvalue weighted by atomic mass is 10.1. The maximum atomic E-state index is 6.07. The van der Waals surface area contributed by atoms with Crippen molar-refractivity contribution in [1.29, 1.82) is 0 Å².